The van der Waals surface area contributed by atoms with E-state index in [0.717, 1.165) is 37.4 Å². The molecule has 1 N–H and O–H groups in total. The van der Waals surface area contributed by atoms with Crippen molar-refractivity contribution in [2.75, 3.05) is 33.5 Å². The standard InChI is InChI=1S/C14H19NO3/c1-15-6-4-14(9-16,5-7-15)11-2-3-12-13(8-11)18-10-17-12/h2-3,8,16H,4-7,9-10H2,1H3. The predicted molar refractivity (Wildman–Crippen MR) is 68.1 cm³/mol. The fourth-order valence-electron chi connectivity index (χ4n) is 2.81. The number of nitrogens with zero attached hydrogens (tertiary/aromatic N) is 1. The van der Waals surface area contributed by atoms with E-state index in [0.29, 0.717) is 6.79 Å². The van der Waals surface area contributed by atoms with E-state index in [9.17, 15) is 5.11 Å². The van der Waals surface area contributed by atoms with Crippen molar-refractivity contribution in [3.05, 3.63) is 23.8 Å². The smallest absolute Gasteiger partial charge is 0.231 e. The highest BCUT2D eigenvalue weighted by Gasteiger charge is 2.35. The number of piperidine rings is 1. The molecule has 1 saturated heterocycles. The van der Waals surface area contributed by atoms with E-state index in [2.05, 4.69) is 18.0 Å². The zero-order valence-electron chi connectivity index (χ0n) is 10.7. The van der Waals surface area contributed by atoms with Crippen LogP contribution in [-0.2, 0) is 5.41 Å². The maximum absolute atomic E-state index is 9.84. The molecule has 0 radical (unpaired) electrons. The second-order valence-electron chi connectivity index (χ2n) is 5.31. The molecule has 18 heavy (non-hydrogen) atoms. The van der Waals surface area contributed by atoms with E-state index in [-0.39, 0.29) is 12.0 Å². The van der Waals surface area contributed by atoms with Crippen LogP contribution in [0.25, 0.3) is 0 Å². The van der Waals surface area contributed by atoms with Crippen molar-refractivity contribution in [3.63, 3.8) is 0 Å². The first kappa shape index (κ1) is 11.8. The minimum absolute atomic E-state index is 0.118. The highest BCUT2D eigenvalue weighted by molar-refractivity contribution is 5.46. The third-order valence-corrected chi connectivity index (χ3v) is 4.23. The Kier molecular flexibility index (Phi) is 2.92. The van der Waals surface area contributed by atoms with Gasteiger partial charge in [0, 0.05) is 5.41 Å². The van der Waals surface area contributed by atoms with Crippen LogP contribution in [-0.4, -0.2) is 43.5 Å². The van der Waals surface area contributed by atoms with Crippen LogP contribution >= 0.6 is 0 Å². The Labute approximate surface area is 107 Å². The Morgan fingerprint density at radius 3 is 2.67 bits per heavy atom. The second-order valence-corrected chi connectivity index (χ2v) is 5.31. The van der Waals surface area contributed by atoms with Gasteiger partial charge in [-0.3, -0.25) is 0 Å². The fourth-order valence-corrected chi connectivity index (χ4v) is 2.81. The number of rotatable bonds is 2. The maximum Gasteiger partial charge on any atom is 0.231 e. The van der Waals surface area contributed by atoms with Gasteiger partial charge in [0.05, 0.1) is 6.61 Å². The summed E-state index contributed by atoms with van der Waals surface area (Å²) in [5, 5.41) is 9.84. The molecular formula is C14H19NO3. The van der Waals surface area contributed by atoms with Crippen molar-refractivity contribution in [1.29, 1.82) is 0 Å². The summed E-state index contributed by atoms with van der Waals surface area (Å²) in [6, 6.07) is 6.05. The number of aliphatic hydroxyl groups is 1. The number of aliphatic hydroxyl groups excluding tert-OH is 1. The number of benzene rings is 1. The summed E-state index contributed by atoms with van der Waals surface area (Å²) in [4.78, 5) is 2.31. The third-order valence-electron chi connectivity index (χ3n) is 4.23. The van der Waals surface area contributed by atoms with Crippen LogP contribution < -0.4 is 9.47 Å². The van der Waals surface area contributed by atoms with Crippen LogP contribution in [0, 0.1) is 0 Å². The van der Waals surface area contributed by atoms with Gasteiger partial charge in [-0.1, -0.05) is 6.07 Å². The van der Waals surface area contributed by atoms with E-state index in [1.807, 2.05) is 12.1 Å². The summed E-state index contributed by atoms with van der Waals surface area (Å²) in [5.74, 6) is 1.61. The fraction of sp³-hybridized carbons (Fsp3) is 0.571. The summed E-state index contributed by atoms with van der Waals surface area (Å²) in [6.45, 7) is 2.54. The lowest BCUT2D eigenvalue weighted by Gasteiger charge is -2.39. The number of likely N-dealkylation sites (tertiary alicyclic amines) is 1. The molecule has 2 aliphatic rings. The monoisotopic (exact) mass is 249 g/mol. The molecule has 0 amide bonds. The highest BCUT2D eigenvalue weighted by atomic mass is 16.7. The molecule has 0 spiro atoms. The second kappa shape index (κ2) is 4.44. The SMILES string of the molecule is CN1CCC(CO)(c2ccc3c(c2)OCO3)CC1. The highest BCUT2D eigenvalue weighted by Crippen LogP contribution is 2.40. The van der Waals surface area contributed by atoms with Crippen molar-refractivity contribution < 1.29 is 14.6 Å². The van der Waals surface area contributed by atoms with Crippen molar-refractivity contribution >= 4 is 0 Å². The topological polar surface area (TPSA) is 41.9 Å². The van der Waals surface area contributed by atoms with Crippen molar-refractivity contribution in [2.45, 2.75) is 18.3 Å². The van der Waals surface area contributed by atoms with Crippen molar-refractivity contribution in [1.82, 2.24) is 4.90 Å². The summed E-state index contributed by atoms with van der Waals surface area (Å²) < 4.78 is 10.8. The Bertz CT molecular complexity index is 439. The van der Waals surface area contributed by atoms with Crippen molar-refractivity contribution in [3.8, 4) is 11.5 Å². The van der Waals surface area contributed by atoms with Crippen LogP contribution in [0.5, 0.6) is 11.5 Å². The van der Waals surface area contributed by atoms with E-state index in [1.165, 1.54) is 5.56 Å². The van der Waals surface area contributed by atoms with Gasteiger partial charge in [-0.15, -0.1) is 0 Å². The normalized spacial score (nSPS) is 22.1. The van der Waals surface area contributed by atoms with E-state index >= 15 is 0 Å². The van der Waals surface area contributed by atoms with Gasteiger partial charge in [-0.05, 0) is 50.7 Å². The van der Waals surface area contributed by atoms with Crippen LogP contribution in [0.2, 0.25) is 0 Å². The third kappa shape index (κ3) is 1.85. The zero-order valence-corrected chi connectivity index (χ0v) is 10.7. The van der Waals surface area contributed by atoms with Gasteiger partial charge in [0.15, 0.2) is 11.5 Å². The van der Waals surface area contributed by atoms with Crippen LogP contribution in [0.4, 0.5) is 0 Å². The number of hydrogen-bond donors (Lipinski definition) is 1. The number of hydrogen-bond acceptors (Lipinski definition) is 4. The average Bonchev–Trinajstić information content (AvgIpc) is 2.87. The van der Waals surface area contributed by atoms with Gasteiger partial charge in [0.2, 0.25) is 6.79 Å². The largest absolute Gasteiger partial charge is 0.454 e. The predicted octanol–water partition coefficient (Wildman–Crippen LogP) is 1.37. The molecule has 0 unspecified atom stereocenters. The Morgan fingerprint density at radius 1 is 1.22 bits per heavy atom. The molecule has 0 saturated carbocycles. The lowest BCUT2D eigenvalue weighted by molar-refractivity contribution is 0.114. The Morgan fingerprint density at radius 2 is 1.94 bits per heavy atom. The van der Waals surface area contributed by atoms with Gasteiger partial charge >= 0.3 is 0 Å². The Balaban J connectivity index is 1.92. The lowest BCUT2D eigenvalue weighted by Crippen LogP contribution is -2.43. The first-order valence-electron chi connectivity index (χ1n) is 6.43. The van der Waals surface area contributed by atoms with Gasteiger partial charge in [-0.2, -0.15) is 0 Å². The number of fused-ring (bicyclic) bond motifs is 1. The first-order chi connectivity index (χ1) is 8.73. The van der Waals surface area contributed by atoms with Gasteiger partial charge in [-0.25, -0.2) is 0 Å². The minimum atomic E-state index is -0.118. The molecule has 0 aromatic heterocycles. The summed E-state index contributed by atoms with van der Waals surface area (Å²) in [5.41, 5.74) is 1.05. The Hall–Kier alpha value is -1.26. The number of ether oxygens (including phenoxy) is 2. The maximum atomic E-state index is 9.84. The molecule has 98 valence electrons. The molecule has 2 aliphatic heterocycles. The quantitative estimate of drug-likeness (QED) is 0.859. The average molecular weight is 249 g/mol. The molecule has 1 fully saturated rings. The summed E-state index contributed by atoms with van der Waals surface area (Å²) in [6.07, 6.45) is 1.97. The molecule has 4 heteroatoms. The zero-order chi connectivity index (χ0) is 12.6. The lowest BCUT2D eigenvalue weighted by atomic mass is 9.73. The molecular weight excluding hydrogens is 230 g/mol. The molecule has 1 aromatic rings. The van der Waals surface area contributed by atoms with E-state index in [4.69, 9.17) is 9.47 Å². The van der Waals surface area contributed by atoms with Gasteiger partial charge < -0.3 is 19.5 Å². The van der Waals surface area contributed by atoms with Crippen LogP contribution in [0.3, 0.4) is 0 Å². The molecule has 1 aromatic carbocycles. The molecule has 0 aliphatic carbocycles. The first-order valence-corrected chi connectivity index (χ1v) is 6.43. The van der Waals surface area contributed by atoms with Crippen LogP contribution in [0.1, 0.15) is 18.4 Å². The van der Waals surface area contributed by atoms with Crippen LogP contribution in [0.15, 0.2) is 18.2 Å². The molecule has 0 atom stereocenters. The summed E-state index contributed by atoms with van der Waals surface area (Å²) in [7, 11) is 2.13. The summed E-state index contributed by atoms with van der Waals surface area (Å²) >= 11 is 0. The molecule has 4 nitrogen and oxygen atoms in total. The minimum Gasteiger partial charge on any atom is -0.454 e. The molecule has 0 bridgehead atoms. The van der Waals surface area contributed by atoms with Gasteiger partial charge in [0.1, 0.15) is 0 Å². The van der Waals surface area contributed by atoms with Crippen molar-refractivity contribution in [2.24, 2.45) is 0 Å². The molecule has 2 heterocycles. The van der Waals surface area contributed by atoms with Gasteiger partial charge in [0.25, 0.3) is 0 Å². The van der Waals surface area contributed by atoms with E-state index < -0.39 is 0 Å². The molecule has 3 rings (SSSR count). The van der Waals surface area contributed by atoms with E-state index in [1.54, 1.807) is 0 Å².